The lowest BCUT2D eigenvalue weighted by Crippen LogP contribution is -2.47. The van der Waals surface area contributed by atoms with Crippen molar-refractivity contribution < 1.29 is 33.0 Å². The molecule has 158 valence electrons. The van der Waals surface area contributed by atoms with Gasteiger partial charge in [0.2, 0.25) is 5.76 Å². The second-order valence-electron chi connectivity index (χ2n) is 6.68. The number of benzene rings is 1. The van der Waals surface area contributed by atoms with Crippen molar-refractivity contribution in [2.75, 3.05) is 20.3 Å². The maximum atomic E-state index is 12.4. The highest BCUT2D eigenvalue weighted by atomic mass is 16.5. The Morgan fingerprint density at radius 1 is 1.21 bits per heavy atom. The molecule has 1 aromatic carbocycles. The van der Waals surface area contributed by atoms with Crippen LogP contribution in [0.5, 0.6) is 5.75 Å². The standard InChI is InChI=1S/C21H27NO7/c1-6-12(3)18(20(24)26-5)22-17(23)11-28-21(25)19-13(4)15-10-14(27-7-2)8-9-16(15)29-19/h8-10,12,18H,6-7,11H2,1-5H3,(H,22,23)/t12-,18-/m1/s1. The molecule has 0 saturated carbocycles. The molecule has 1 amide bonds. The molecule has 1 aromatic heterocycles. The van der Waals surface area contributed by atoms with E-state index in [0.29, 0.717) is 29.9 Å². The van der Waals surface area contributed by atoms with Gasteiger partial charge >= 0.3 is 11.9 Å². The number of aryl methyl sites for hydroxylation is 1. The van der Waals surface area contributed by atoms with Crippen LogP contribution in [-0.2, 0) is 19.1 Å². The Balaban J connectivity index is 2.05. The number of furan rings is 1. The first-order chi connectivity index (χ1) is 13.8. The van der Waals surface area contributed by atoms with Crippen molar-refractivity contribution in [1.82, 2.24) is 5.32 Å². The highest BCUT2D eigenvalue weighted by Gasteiger charge is 2.27. The smallest absolute Gasteiger partial charge is 0.375 e. The zero-order chi connectivity index (χ0) is 21.6. The zero-order valence-electron chi connectivity index (χ0n) is 17.4. The van der Waals surface area contributed by atoms with Crippen LogP contribution in [0.2, 0.25) is 0 Å². The van der Waals surface area contributed by atoms with E-state index in [1.165, 1.54) is 7.11 Å². The minimum absolute atomic E-state index is 0.0212. The summed E-state index contributed by atoms with van der Waals surface area (Å²) in [6.07, 6.45) is 0.668. The van der Waals surface area contributed by atoms with Gasteiger partial charge in [-0.05, 0) is 38.0 Å². The molecule has 0 unspecified atom stereocenters. The van der Waals surface area contributed by atoms with E-state index in [1.54, 1.807) is 25.1 Å². The molecule has 0 aliphatic carbocycles. The fourth-order valence-electron chi connectivity index (χ4n) is 2.86. The first-order valence-electron chi connectivity index (χ1n) is 9.52. The maximum Gasteiger partial charge on any atom is 0.375 e. The van der Waals surface area contributed by atoms with Crippen molar-refractivity contribution in [2.24, 2.45) is 5.92 Å². The van der Waals surface area contributed by atoms with Crippen LogP contribution in [0, 0.1) is 12.8 Å². The van der Waals surface area contributed by atoms with Gasteiger partial charge < -0.3 is 23.9 Å². The third-order valence-electron chi connectivity index (χ3n) is 4.72. The molecule has 8 heteroatoms. The van der Waals surface area contributed by atoms with Crippen LogP contribution < -0.4 is 10.1 Å². The van der Waals surface area contributed by atoms with E-state index in [9.17, 15) is 14.4 Å². The predicted molar refractivity (Wildman–Crippen MR) is 106 cm³/mol. The number of ether oxygens (including phenoxy) is 3. The third kappa shape index (κ3) is 5.28. The Labute approximate surface area is 169 Å². The molecular weight excluding hydrogens is 378 g/mol. The monoisotopic (exact) mass is 405 g/mol. The van der Waals surface area contributed by atoms with Crippen LogP contribution in [0.4, 0.5) is 0 Å². The average Bonchev–Trinajstić information content (AvgIpc) is 3.05. The van der Waals surface area contributed by atoms with Gasteiger partial charge in [-0.15, -0.1) is 0 Å². The molecule has 0 aliphatic heterocycles. The molecule has 1 heterocycles. The molecule has 0 fully saturated rings. The molecule has 8 nitrogen and oxygen atoms in total. The summed E-state index contributed by atoms with van der Waals surface area (Å²) in [5, 5.41) is 3.28. The Hall–Kier alpha value is -3.03. The Morgan fingerprint density at radius 2 is 1.93 bits per heavy atom. The summed E-state index contributed by atoms with van der Waals surface area (Å²) in [4.78, 5) is 36.4. The van der Waals surface area contributed by atoms with Crippen LogP contribution >= 0.6 is 0 Å². The first-order valence-corrected chi connectivity index (χ1v) is 9.52. The van der Waals surface area contributed by atoms with Crippen molar-refractivity contribution >= 4 is 28.8 Å². The number of esters is 2. The Kier molecular flexibility index (Phi) is 7.64. The summed E-state index contributed by atoms with van der Waals surface area (Å²) in [6.45, 7) is 7.32. The number of hydrogen-bond donors (Lipinski definition) is 1. The number of carbonyl (C=O) groups is 3. The molecule has 0 radical (unpaired) electrons. The molecule has 0 bridgehead atoms. The molecule has 0 saturated heterocycles. The minimum atomic E-state index is -0.805. The minimum Gasteiger partial charge on any atom is -0.494 e. The van der Waals surface area contributed by atoms with Crippen molar-refractivity contribution in [3.8, 4) is 5.75 Å². The number of hydrogen-bond acceptors (Lipinski definition) is 7. The summed E-state index contributed by atoms with van der Waals surface area (Å²) in [5.74, 6) is -1.34. The number of rotatable bonds is 9. The molecule has 1 N–H and O–H groups in total. The SMILES string of the molecule is CCOc1ccc2oc(C(=O)OCC(=O)N[C@@H](C(=O)OC)[C@H](C)CC)c(C)c2c1. The first kappa shape index (κ1) is 22.3. The summed E-state index contributed by atoms with van der Waals surface area (Å²) in [7, 11) is 1.26. The van der Waals surface area contributed by atoms with E-state index >= 15 is 0 Å². The lowest BCUT2D eigenvalue weighted by molar-refractivity contribution is -0.147. The van der Waals surface area contributed by atoms with Gasteiger partial charge in [-0.1, -0.05) is 20.3 Å². The molecule has 2 rings (SSSR count). The summed E-state index contributed by atoms with van der Waals surface area (Å²) in [6, 6.07) is 4.44. The van der Waals surface area contributed by atoms with Crippen molar-refractivity contribution in [3.05, 3.63) is 29.5 Å². The van der Waals surface area contributed by atoms with E-state index in [2.05, 4.69) is 5.32 Å². The van der Waals surface area contributed by atoms with Crippen LogP contribution in [0.25, 0.3) is 11.0 Å². The van der Waals surface area contributed by atoms with Crippen molar-refractivity contribution in [2.45, 2.75) is 40.2 Å². The molecule has 0 aliphatic rings. The van der Waals surface area contributed by atoms with Crippen LogP contribution in [0.1, 0.15) is 43.3 Å². The van der Waals surface area contributed by atoms with Crippen molar-refractivity contribution in [3.63, 3.8) is 0 Å². The quantitative estimate of drug-likeness (QED) is 0.640. The summed E-state index contributed by atoms with van der Waals surface area (Å²) < 4.78 is 20.8. The van der Waals surface area contributed by atoms with Crippen LogP contribution in [-0.4, -0.2) is 44.2 Å². The molecule has 0 spiro atoms. The second-order valence-corrected chi connectivity index (χ2v) is 6.68. The third-order valence-corrected chi connectivity index (χ3v) is 4.72. The summed E-state index contributed by atoms with van der Waals surface area (Å²) in [5.41, 5.74) is 1.11. The van der Waals surface area contributed by atoms with Gasteiger partial charge in [0.15, 0.2) is 6.61 Å². The molecule has 2 aromatic rings. The van der Waals surface area contributed by atoms with Gasteiger partial charge in [-0.3, -0.25) is 4.79 Å². The van der Waals surface area contributed by atoms with Gasteiger partial charge in [0, 0.05) is 10.9 Å². The largest absolute Gasteiger partial charge is 0.494 e. The average molecular weight is 405 g/mol. The molecule has 29 heavy (non-hydrogen) atoms. The zero-order valence-corrected chi connectivity index (χ0v) is 17.4. The Morgan fingerprint density at radius 3 is 2.55 bits per heavy atom. The second kappa shape index (κ2) is 9.95. The highest BCUT2D eigenvalue weighted by Crippen LogP contribution is 2.29. The van der Waals surface area contributed by atoms with Gasteiger partial charge in [-0.25, -0.2) is 9.59 Å². The number of nitrogens with one attached hydrogen (secondary N) is 1. The van der Waals surface area contributed by atoms with Crippen molar-refractivity contribution in [1.29, 1.82) is 0 Å². The van der Waals surface area contributed by atoms with E-state index in [1.807, 2.05) is 20.8 Å². The molecule has 2 atom stereocenters. The number of amides is 1. The van der Waals surface area contributed by atoms with E-state index in [0.717, 1.165) is 5.39 Å². The number of carbonyl (C=O) groups excluding carboxylic acids is 3. The highest BCUT2D eigenvalue weighted by molar-refractivity contribution is 5.97. The molecular formula is C21H27NO7. The maximum absolute atomic E-state index is 12.4. The normalized spacial score (nSPS) is 12.9. The fourth-order valence-corrected chi connectivity index (χ4v) is 2.86. The Bertz CT molecular complexity index is 887. The van der Waals surface area contributed by atoms with Crippen LogP contribution in [0.15, 0.2) is 22.6 Å². The summed E-state index contributed by atoms with van der Waals surface area (Å²) >= 11 is 0. The van der Waals surface area contributed by atoms with Gasteiger partial charge in [0.1, 0.15) is 17.4 Å². The van der Waals surface area contributed by atoms with E-state index in [-0.39, 0.29) is 11.7 Å². The number of fused-ring (bicyclic) bond motifs is 1. The van der Waals surface area contributed by atoms with Gasteiger partial charge in [0.25, 0.3) is 5.91 Å². The number of methoxy groups -OCH3 is 1. The lowest BCUT2D eigenvalue weighted by Gasteiger charge is -2.21. The van der Waals surface area contributed by atoms with Gasteiger partial charge in [0.05, 0.1) is 13.7 Å². The predicted octanol–water partition coefficient (Wildman–Crippen LogP) is 3.00. The van der Waals surface area contributed by atoms with Gasteiger partial charge in [-0.2, -0.15) is 0 Å². The topological polar surface area (TPSA) is 104 Å². The van der Waals surface area contributed by atoms with E-state index in [4.69, 9.17) is 18.6 Å². The fraction of sp³-hybridized carbons (Fsp3) is 0.476. The lowest BCUT2D eigenvalue weighted by atomic mass is 9.99. The van der Waals surface area contributed by atoms with E-state index < -0.39 is 30.5 Å². The van der Waals surface area contributed by atoms with Crippen LogP contribution in [0.3, 0.4) is 0 Å².